The van der Waals surface area contributed by atoms with Gasteiger partial charge < -0.3 is 5.11 Å². The Balaban J connectivity index is 3.75. The number of rotatable bonds is 2. The zero-order valence-corrected chi connectivity index (χ0v) is 3.87. The van der Waals surface area contributed by atoms with Crippen LogP contribution in [0, 0.1) is 10.1 Å². The third kappa shape index (κ3) is 2.91. The van der Waals surface area contributed by atoms with Crippen LogP contribution in [0.5, 0.6) is 0 Å². The monoisotopic (exact) mass is 119 g/mol. The van der Waals surface area contributed by atoms with Crippen LogP contribution in [-0.4, -0.2) is 10.0 Å². The van der Waals surface area contributed by atoms with Crippen LogP contribution in [0.2, 0.25) is 0 Å². The first-order valence-corrected chi connectivity index (χ1v) is 1.67. The van der Waals surface area contributed by atoms with Gasteiger partial charge in [-0.2, -0.15) is 0 Å². The summed E-state index contributed by atoms with van der Waals surface area (Å²) < 4.78 is 0. The van der Waals surface area contributed by atoms with Gasteiger partial charge in [0.1, 0.15) is 0 Å². The van der Waals surface area contributed by atoms with Gasteiger partial charge in [0.2, 0.25) is 0 Å². The Labute approximate surface area is 44.7 Å². The molecule has 0 aromatic rings. The van der Waals surface area contributed by atoms with E-state index in [0.717, 1.165) is 0 Å². The Morgan fingerprint density at radius 1 is 2.00 bits per heavy atom. The molecule has 0 aliphatic carbocycles. The van der Waals surface area contributed by atoms with Gasteiger partial charge >= 0.3 is 0 Å². The van der Waals surface area contributed by atoms with Crippen molar-refractivity contribution in [2.75, 3.05) is 0 Å². The van der Waals surface area contributed by atoms with Gasteiger partial charge in [0.15, 0.2) is 0 Å². The van der Waals surface area contributed by atoms with Crippen molar-refractivity contribution in [2.24, 2.45) is 5.84 Å². The van der Waals surface area contributed by atoms with Gasteiger partial charge in [-0.05, 0) is 0 Å². The normalized spacial score (nSPS) is 10.9. The zero-order chi connectivity index (χ0) is 6.57. The van der Waals surface area contributed by atoms with Gasteiger partial charge in [0, 0.05) is 0 Å². The molecule has 0 heterocycles. The van der Waals surface area contributed by atoms with E-state index >= 15 is 0 Å². The number of hydrazine groups is 1. The predicted molar refractivity (Wildman–Crippen MR) is 25.0 cm³/mol. The predicted octanol–water partition coefficient (Wildman–Crippen LogP) is -0.917. The molecule has 0 unspecified atom stereocenters. The van der Waals surface area contributed by atoms with Crippen LogP contribution < -0.4 is 11.3 Å². The van der Waals surface area contributed by atoms with E-state index < -0.39 is 10.8 Å². The molecule has 8 heavy (non-hydrogen) atoms. The average Bonchev–Trinajstić information content (AvgIpc) is 1.65. The van der Waals surface area contributed by atoms with Crippen LogP contribution in [0.4, 0.5) is 0 Å². The third-order valence-electron chi connectivity index (χ3n) is 0.376. The molecule has 6 nitrogen and oxygen atoms in total. The number of aliphatic hydroxyl groups is 1. The molecular formula is C2H5N3O3. The Kier molecular flexibility index (Phi) is 2.35. The molecular weight excluding hydrogens is 114 g/mol. The molecule has 4 N–H and O–H groups in total. The van der Waals surface area contributed by atoms with Gasteiger partial charge in [0.25, 0.3) is 12.1 Å². The summed E-state index contributed by atoms with van der Waals surface area (Å²) in [7, 11) is 0. The highest BCUT2D eigenvalue weighted by molar-refractivity contribution is 4.76. The highest BCUT2D eigenvalue weighted by atomic mass is 16.6. The highest BCUT2D eigenvalue weighted by Crippen LogP contribution is 1.76. The van der Waals surface area contributed by atoms with Gasteiger partial charge in [0.05, 0.1) is 4.92 Å². The molecule has 6 heteroatoms. The summed E-state index contributed by atoms with van der Waals surface area (Å²) in [5.74, 6) is 3.88. The lowest BCUT2D eigenvalue weighted by Crippen LogP contribution is -2.21. The van der Waals surface area contributed by atoms with Gasteiger partial charge in [-0.1, -0.05) is 0 Å². The summed E-state index contributed by atoms with van der Waals surface area (Å²) in [5.41, 5.74) is 1.67. The van der Waals surface area contributed by atoms with Crippen LogP contribution in [0.15, 0.2) is 12.1 Å². The molecule has 0 aliphatic heterocycles. The molecule has 0 aliphatic rings. The van der Waals surface area contributed by atoms with E-state index in [1.165, 1.54) is 0 Å². The fraction of sp³-hybridized carbons (Fsp3) is 0. The molecule has 0 spiro atoms. The molecule has 0 amide bonds. The standard InChI is InChI=1S/C2H5N3O3/c3-4-2(6)1-5(7)8/h1,4,6H,3H2. The first kappa shape index (κ1) is 6.70. The van der Waals surface area contributed by atoms with E-state index in [9.17, 15) is 10.1 Å². The molecule has 0 saturated carbocycles. The molecule has 0 fully saturated rings. The van der Waals surface area contributed by atoms with E-state index in [0.29, 0.717) is 6.20 Å². The summed E-state index contributed by atoms with van der Waals surface area (Å²) in [6, 6.07) is 0. The van der Waals surface area contributed by atoms with Crippen molar-refractivity contribution in [2.45, 2.75) is 0 Å². The van der Waals surface area contributed by atoms with Crippen molar-refractivity contribution >= 4 is 0 Å². The maximum absolute atomic E-state index is 9.44. The van der Waals surface area contributed by atoms with Crippen molar-refractivity contribution in [3.05, 3.63) is 22.2 Å². The van der Waals surface area contributed by atoms with E-state index in [2.05, 4.69) is 5.84 Å². The summed E-state index contributed by atoms with van der Waals surface area (Å²) in [6.07, 6.45) is 0.347. The first-order valence-electron chi connectivity index (χ1n) is 1.67. The highest BCUT2D eigenvalue weighted by Gasteiger charge is 1.92. The lowest BCUT2D eigenvalue weighted by atomic mass is 10.9. The smallest absolute Gasteiger partial charge is 0.294 e. The number of hydrogen-bond donors (Lipinski definition) is 3. The van der Waals surface area contributed by atoms with Crippen LogP contribution in [0.25, 0.3) is 0 Å². The molecule has 0 aromatic heterocycles. The van der Waals surface area contributed by atoms with E-state index in [4.69, 9.17) is 5.11 Å². The Morgan fingerprint density at radius 2 is 2.50 bits per heavy atom. The summed E-state index contributed by atoms with van der Waals surface area (Å²) in [5, 5.41) is 17.7. The van der Waals surface area contributed by atoms with E-state index in [1.807, 2.05) is 0 Å². The fourth-order valence-corrected chi connectivity index (χ4v) is 0.137. The molecule has 0 saturated heterocycles. The maximum Gasteiger partial charge on any atom is 0.294 e. The van der Waals surface area contributed by atoms with Crippen molar-refractivity contribution in [1.82, 2.24) is 5.43 Å². The number of nitrogens with one attached hydrogen (secondary N) is 1. The van der Waals surface area contributed by atoms with Crippen molar-refractivity contribution in [3.63, 3.8) is 0 Å². The number of nitrogens with two attached hydrogens (primary N) is 1. The topological polar surface area (TPSA) is 101 Å². The molecule has 0 radical (unpaired) electrons. The Bertz CT molecular complexity index is 120. The SMILES string of the molecule is NNC(O)=C[N+](=O)[O-]. The van der Waals surface area contributed by atoms with Crippen LogP contribution >= 0.6 is 0 Å². The van der Waals surface area contributed by atoms with Gasteiger partial charge in [-0.25, -0.2) is 5.84 Å². The van der Waals surface area contributed by atoms with Crippen LogP contribution in [0.3, 0.4) is 0 Å². The average molecular weight is 119 g/mol. The number of aliphatic hydroxyl groups excluding tert-OH is 1. The van der Waals surface area contributed by atoms with Crippen molar-refractivity contribution in [1.29, 1.82) is 0 Å². The molecule has 0 atom stereocenters. The lowest BCUT2D eigenvalue weighted by Gasteiger charge is -1.88. The Hall–Kier alpha value is -1.30. The van der Waals surface area contributed by atoms with E-state index in [1.54, 1.807) is 5.43 Å². The third-order valence-corrected chi connectivity index (χ3v) is 0.376. The molecule has 0 aromatic carbocycles. The largest absolute Gasteiger partial charge is 0.490 e. The first-order chi connectivity index (χ1) is 3.66. The zero-order valence-electron chi connectivity index (χ0n) is 3.87. The lowest BCUT2D eigenvalue weighted by molar-refractivity contribution is -0.405. The molecule has 0 bridgehead atoms. The minimum absolute atomic E-state index is 0.347. The van der Waals surface area contributed by atoms with Gasteiger partial charge in [-0.15, -0.1) is 0 Å². The summed E-state index contributed by atoms with van der Waals surface area (Å²) in [6.45, 7) is 0. The summed E-state index contributed by atoms with van der Waals surface area (Å²) >= 11 is 0. The van der Waals surface area contributed by atoms with Crippen LogP contribution in [0.1, 0.15) is 0 Å². The number of nitro groups is 1. The second-order valence-corrected chi connectivity index (χ2v) is 0.944. The Morgan fingerprint density at radius 3 is 2.62 bits per heavy atom. The number of hydrogen-bond acceptors (Lipinski definition) is 5. The quantitative estimate of drug-likeness (QED) is 0.189. The fourth-order valence-electron chi connectivity index (χ4n) is 0.137. The van der Waals surface area contributed by atoms with Gasteiger partial charge in [-0.3, -0.25) is 15.5 Å². The minimum Gasteiger partial charge on any atom is -0.490 e. The molecule has 46 valence electrons. The molecule has 0 rings (SSSR count). The second kappa shape index (κ2) is 2.80. The minimum atomic E-state index is -0.824. The number of nitrogens with zero attached hydrogens (tertiary/aromatic N) is 1. The van der Waals surface area contributed by atoms with Crippen LogP contribution in [-0.2, 0) is 0 Å². The van der Waals surface area contributed by atoms with Crippen molar-refractivity contribution < 1.29 is 10.0 Å². The van der Waals surface area contributed by atoms with Crippen molar-refractivity contribution in [3.8, 4) is 0 Å². The summed E-state index contributed by atoms with van der Waals surface area (Å²) in [4.78, 5) is 8.62. The second-order valence-electron chi connectivity index (χ2n) is 0.944. The maximum atomic E-state index is 9.44. The van der Waals surface area contributed by atoms with E-state index in [-0.39, 0.29) is 0 Å².